The van der Waals surface area contributed by atoms with Crippen LogP contribution in [0.5, 0.6) is 0 Å². The zero-order valence-electron chi connectivity index (χ0n) is 7.86. The summed E-state index contributed by atoms with van der Waals surface area (Å²) in [6.45, 7) is 1.67. The van der Waals surface area contributed by atoms with Gasteiger partial charge in [0, 0.05) is 12.6 Å². The van der Waals surface area contributed by atoms with Crippen LogP contribution in [0.3, 0.4) is 0 Å². The van der Waals surface area contributed by atoms with E-state index in [0.29, 0.717) is 11.3 Å². The predicted molar refractivity (Wildman–Crippen MR) is 50.2 cm³/mol. The molecule has 0 amide bonds. The molecular weight excluding hydrogens is 208 g/mol. The third kappa shape index (κ3) is 2.05. The van der Waals surface area contributed by atoms with E-state index in [4.69, 9.17) is 16.7 Å². The number of carbonyl (C=O) groups is 1. The first-order chi connectivity index (χ1) is 6.43. The minimum absolute atomic E-state index is 0.274. The van der Waals surface area contributed by atoms with Gasteiger partial charge in [-0.3, -0.25) is 9.48 Å². The Morgan fingerprint density at radius 1 is 1.71 bits per heavy atom. The number of aliphatic hydroxyl groups is 1. The fraction of sp³-hybridized carbons (Fsp3) is 0.500. The van der Waals surface area contributed by atoms with Gasteiger partial charge in [0.2, 0.25) is 0 Å². The Morgan fingerprint density at radius 3 is 2.64 bits per heavy atom. The van der Waals surface area contributed by atoms with Crippen LogP contribution in [0.2, 0.25) is 5.15 Å². The van der Waals surface area contributed by atoms with Crippen molar-refractivity contribution in [3.05, 3.63) is 16.4 Å². The van der Waals surface area contributed by atoms with E-state index in [1.54, 1.807) is 14.0 Å². The second-order valence-electron chi connectivity index (χ2n) is 3.03. The molecule has 0 spiro atoms. The molecule has 0 bridgehead atoms. The number of aryl methyl sites for hydroxylation is 2. The Morgan fingerprint density at radius 2 is 2.29 bits per heavy atom. The molecule has 0 saturated carbocycles. The zero-order chi connectivity index (χ0) is 10.9. The number of nitrogens with zero attached hydrogens (tertiary/aromatic N) is 2. The lowest BCUT2D eigenvalue weighted by atomic mass is 10.1. The fourth-order valence-corrected chi connectivity index (χ4v) is 1.59. The first-order valence-electron chi connectivity index (χ1n) is 4.02. The van der Waals surface area contributed by atoms with Crippen LogP contribution in [-0.4, -0.2) is 26.0 Å². The van der Waals surface area contributed by atoms with E-state index in [1.165, 1.54) is 4.68 Å². The Hall–Kier alpha value is -1.07. The largest absolute Gasteiger partial charge is 0.481 e. The number of hydrogen-bond acceptors (Lipinski definition) is 3. The maximum atomic E-state index is 10.4. The molecular formula is C8H11ClN2O3. The van der Waals surface area contributed by atoms with E-state index in [9.17, 15) is 9.90 Å². The van der Waals surface area contributed by atoms with Crippen molar-refractivity contribution >= 4 is 17.6 Å². The number of halogens is 1. The van der Waals surface area contributed by atoms with E-state index < -0.39 is 12.1 Å². The van der Waals surface area contributed by atoms with Gasteiger partial charge in [0.05, 0.1) is 18.2 Å². The van der Waals surface area contributed by atoms with Gasteiger partial charge in [-0.25, -0.2) is 0 Å². The van der Waals surface area contributed by atoms with Gasteiger partial charge < -0.3 is 10.2 Å². The van der Waals surface area contributed by atoms with Crippen LogP contribution in [-0.2, 0) is 11.8 Å². The quantitative estimate of drug-likeness (QED) is 0.790. The van der Waals surface area contributed by atoms with Crippen molar-refractivity contribution in [3.8, 4) is 0 Å². The molecule has 1 aromatic heterocycles. The first-order valence-corrected chi connectivity index (χ1v) is 4.40. The van der Waals surface area contributed by atoms with Gasteiger partial charge in [0.15, 0.2) is 0 Å². The molecule has 2 N–H and O–H groups in total. The molecule has 0 aliphatic heterocycles. The van der Waals surface area contributed by atoms with Gasteiger partial charge in [-0.1, -0.05) is 11.6 Å². The summed E-state index contributed by atoms with van der Waals surface area (Å²) in [5, 5.41) is 22.3. The molecule has 0 aromatic carbocycles. The Balaban J connectivity index is 2.99. The maximum absolute atomic E-state index is 10.4. The second-order valence-corrected chi connectivity index (χ2v) is 3.39. The number of carboxylic acid groups (broad SMARTS) is 1. The third-order valence-electron chi connectivity index (χ3n) is 1.90. The summed E-state index contributed by atoms with van der Waals surface area (Å²) in [6.07, 6.45) is -1.47. The van der Waals surface area contributed by atoms with E-state index in [2.05, 4.69) is 5.10 Å². The summed E-state index contributed by atoms with van der Waals surface area (Å²) >= 11 is 5.84. The van der Waals surface area contributed by atoms with Crippen LogP contribution in [0, 0.1) is 6.92 Å². The molecule has 5 nitrogen and oxygen atoms in total. The fourth-order valence-electron chi connectivity index (χ4n) is 1.29. The Kier molecular flexibility index (Phi) is 3.13. The highest BCUT2D eigenvalue weighted by Gasteiger charge is 2.21. The Labute approximate surface area is 85.9 Å². The van der Waals surface area contributed by atoms with Gasteiger partial charge in [0.1, 0.15) is 5.15 Å². The van der Waals surface area contributed by atoms with Crippen molar-refractivity contribution < 1.29 is 15.0 Å². The average molecular weight is 219 g/mol. The summed E-state index contributed by atoms with van der Waals surface area (Å²) in [4.78, 5) is 10.4. The number of carboxylic acids is 1. The van der Waals surface area contributed by atoms with Crippen molar-refractivity contribution in [2.75, 3.05) is 0 Å². The number of aliphatic hydroxyl groups excluding tert-OH is 1. The molecule has 0 aliphatic rings. The molecule has 0 radical (unpaired) electrons. The summed E-state index contributed by atoms with van der Waals surface area (Å²) in [6, 6.07) is 0. The summed E-state index contributed by atoms with van der Waals surface area (Å²) in [5.74, 6) is -1.07. The lowest BCUT2D eigenvalue weighted by molar-refractivity contribution is -0.139. The lowest BCUT2D eigenvalue weighted by Gasteiger charge is -2.06. The van der Waals surface area contributed by atoms with Crippen LogP contribution in [0.25, 0.3) is 0 Å². The minimum Gasteiger partial charge on any atom is -0.481 e. The van der Waals surface area contributed by atoms with Crippen molar-refractivity contribution in [2.24, 2.45) is 7.05 Å². The molecule has 0 saturated heterocycles. The number of aromatic nitrogens is 2. The van der Waals surface area contributed by atoms with Gasteiger partial charge >= 0.3 is 5.97 Å². The van der Waals surface area contributed by atoms with E-state index in [0.717, 1.165) is 0 Å². The molecule has 0 fully saturated rings. The molecule has 1 aromatic rings. The molecule has 6 heteroatoms. The smallest absolute Gasteiger partial charge is 0.306 e. The molecule has 14 heavy (non-hydrogen) atoms. The van der Waals surface area contributed by atoms with E-state index in [-0.39, 0.29) is 11.6 Å². The van der Waals surface area contributed by atoms with Crippen LogP contribution >= 0.6 is 11.6 Å². The maximum Gasteiger partial charge on any atom is 0.306 e. The van der Waals surface area contributed by atoms with Crippen molar-refractivity contribution in [1.29, 1.82) is 0 Å². The molecule has 1 heterocycles. The predicted octanol–water partition coefficient (Wildman–Crippen LogP) is 0.890. The molecule has 1 rings (SSSR count). The molecule has 78 valence electrons. The van der Waals surface area contributed by atoms with Crippen LogP contribution in [0.1, 0.15) is 23.8 Å². The highest BCUT2D eigenvalue weighted by Crippen LogP contribution is 2.27. The van der Waals surface area contributed by atoms with E-state index in [1.807, 2.05) is 0 Å². The highest BCUT2D eigenvalue weighted by atomic mass is 35.5. The third-order valence-corrected chi connectivity index (χ3v) is 2.35. The Bertz CT molecular complexity index is 362. The van der Waals surface area contributed by atoms with Crippen LogP contribution in [0.15, 0.2) is 0 Å². The van der Waals surface area contributed by atoms with Crippen molar-refractivity contribution in [1.82, 2.24) is 9.78 Å². The van der Waals surface area contributed by atoms with Gasteiger partial charge in [-0.05, 0) is 6.92 Å². The molecule has 1 atom stereocenters. The van der Waals surface area contributed by atoms with Crippen molar-refractivity contribution in [2.45, 2.75) is 19.4 Å². The van der Waals surface area contributed by atoms with Crippen LogP contribution < -0.4 is 0 Å². The molecule has 0 unspecified atom stereocenters. The minimum atomic E-state index is -1.10. The first kappa shape index (κ1) is 11.0. The monoisotopic (exact) mass is 218 g/mol. The SMILES string of the molecule is Cc1nn(C)c(Cl)c1[C@@H](O)CC(=O)O. The lowest BCUT2D eigenvalue weighted by Crippen LogP contribution is -2.06. The number of hydrogen-bond donors (Lipinski definition) is 2. The van der Waals surface area contributed by atoms with Gasteiger partial charge in [0.25, 0.3) is 0 Å². The normalized spacial score (nSPS) is 12.9. The standard InChI is InChI=1S/C8H11ClN2O3/c1-4-7(5(12)3-6(13)14)8(9)11(2)10-4/h5,12H,3H2,1-2H3,(H,13,14)/t5-/m0/s1. The van der Waals surface area contributed by atoms with Crippen molar-refractivity contribution in [3.63, 3.8) is 0 Å². The van der Waals surface area contributed by atoms with Gasteiger partial charge in [-0.2, -0.15) is 5.10 Å². The summed E-state index contributed by atoms with van der Waals surface area (Å²) < 4.78 is 1.40. The summed E-state index contributed by atoms with van der Waals surface area (Å²) in [7, 11) is 1.63. The number of aliphatic carboxylic acids is 1. The highest BCUT2D eigenvalue weighted by molar-refractivity contribution is 6.30. The second kappa shape index (κ2) is 3.98. The number of rotatable bonds is 3. The van der Waals surface area contributed by atoms with E-state index >= 15 is 0 Å². The average Bonchev–Trinajstić information content (AvgIpc) is 2.25. The van der Waals surface area contributed by atoms with Gasteiger partial charge in [-0.15, -0.1) is 0 Å². The summed E-state index contributed by atoms with van der Waals surface area (Å²) in [5.41, 5.74) is 0.933. The zero-order valence-corrected chi connectivity index (χ0v) is 8.62. The topological polar surface area (TPSA) is 75.3 Å². The van der Waals surface area contributed by atoms with Crippen LogP contribution in [0.4, 0.5) is 0 Å². The molecule has 0 aliphatic carbocycles.